The van der Waals surface area contributed by atoms with Crippen LogP contribution in [-0.2, 0) is 0 Å². The number of rotatable bonds is 3. The summed E-state index contributed by atoms with van der Waals surface area (Å²) in [5, 5.41) is 3.00. The number of nitrogens with zero attached hydrogens (tertiary/aromatic N) is 2. The van der Waals surface area contributed by atoms with Crippen molar-refractivity contribution in [2.45, 2.75) is 13.8 Å². The highest BCUT2D eigenvalue weighted by Gasteiger charge is 2.37. The molecule has 8 heteroatoms. The number of anilines is 2. The molecule has 0 bridgehead atoms. The Morgan fingerprint density at radius 3 is 2.56 bits per heavy atom. The smallest absolute Gasteiger partial charge is 0.266 e. The van der Waals surface area contributed by atoms with Crippen molar-refractivity contribution in [3.63, 3.8) is 0 Å². The number of aromatic nitrogens is 1. The standard InChI is InChI=1S/C24H16FN3O3S/c1-12-3-4-13(2)19(9-12)28-22(30)16-7-5-14(10-17(16)23(28)31)21(29)27-24-26-18-8-6-15(25)11-20(18)32-24/h3-11H,1-2H3,(H,26,27,29). The van der Waals surface area contributed by atoms with Gasteiger partial charge in [-0.25, -0.2) is 14.3 Å². The molecule has 1 aromatic heterocycles. The molecule has 0 radical (unpaired) electrons. The van der Waals surface area contributed by atoms with Gasteiger partial charge in [0.2, 0.25) is 0 Å². The minimum absolute atomic E-state index is 0.176. The molecule has 1 N–H and O–H groups in total. The third kappa shape index (κ3) is 3.25. The van der Waals surface area contributed by atoms with E-state index in [1.807, 2.05) is 26.0 Å². The molecule has 1 aliphatic heterocycles. The number of benzene rings is 3. The van der Waals surface area contributed by atoms with Gasteiger partial charge in [-0.3, -0.25) is 19.7 Å². The second-order valence-corrected chi connectivity index (χ2v) is 8.61. The summed E-state index contributed by atoms with van der Waals surface area (Å²) < 4.78 is 14.0. The van der Waals surface area contributed by atoms with Gasteiger partial charge in [0.15, 0.2) is 5.13 Å². The fourth-order valence-corrected chi connectivity index (χ4v) is 4.57. The number of amides is 3. The van der Waals surface area contributed by atoms with E-state index in [-0.39, 0.29) is 22.5 Å². The number of aryl methyl sites for hydroxylation is 2. The van der Waals surface area contributed by atoms with E-state index in [2.05, 4.69) is 10.3 Å². The maximum Gasteiger partial charge on any atom is 0.266 e. The van der Waals surface area contributed by atoms with Crippen molar-refractivity contribution >= 4 is 50.1 Å². The van der Waals surface area contributed by atoms with Gasteiger partial charge in [-0.05, 0) is 67.4 Å². The van der Waals surface area contributed by atoms with Crippen LogP contribution in [0.4, 0.5) is 15.2 Å². The zero-order valence-corrected chi connectivity index (χ0v) is 17.9. The first kappa shape index (κ1) is 20.0. The van der Waals surface area contributed by atoms with Gasteiger partial charge in [0.1, 0.15) is 5.82 Å². The zero-order chi connectivity index (χ0) is 22.6. The number of hydrogen-bond acceptors (Lipinski definition) is 5. The molecule has 0 unspecified atom stereocenters. The van der Waals surface area contributed by atoms with Crippen LogP contribution < -0.4 is 10.2 Å². The van der Waals surface area contributed by atoms with Crippen LogP contribution in [0, 0.1) is 19.7 Å². The van der Waals surface area contributed by atoms with Crippen LogP contribution in [0.25, 0.3) is 10.2 Å². The summed E-state index contributed by atoms with van der Waals surface area (Å²) in [4.78, 5) is 44.2. The van der Waals surface area contributed by atoms with Crippen LogP contribution in [0.15, 0.2) is 54.6 Å². The van der Waals surface area contributed by atoms with Gasteiger partial charge in [-0.15, -0.1) is 0 Å². The second kappa shape index (κ2) is 7.35. The van der Waals surface area contributed by atoms with Crippen LogP contribution >= 0.6 is 11.3 Å². The van der Waals surface area contributed by atoms with Crippen molar-refractivity contribution in [1.82, 2.24) is 4.98 Å². The Balaban J connectivity index is 1.45. The van der Waals surface area contributed by atoms with E-state index in [1.54, 1.807) is 12.1 Å². The molecule has 6 nitrogen and oxygen atoms in total. The quantitative estimate of drug-likeness (QED) is 0.445. The second-order valence-electron chi connectivity index (χ2n) is 7.58. The lowest BCUT2D eigenvalue weighted by Gasteiger charge is -2.17. The fourth-order valence-electron chi connectivity index (χ4n) is 3.68. The molecule has 3 aromatic carbocycles. The number of carbonyl (C=O) groups excluding carboxylic acids is 3. The minimum Gasteiger partial charge on any atom is -0.298 e. The molecule has 5 rings (SSSR count). The van der Waals surface area contributed by atoms with Crippen LogP contribution in [0.2, 0.25) is 0 Å². The fraction of sp³-hybridized carbons (Fsp3) is 0.0833. The summed E-state index contributed by atoms with van der Waals surface area (Å²) in [5.74, 6) is -1.74. The first-order valence-corrected chi connectivity index (χ1v) is 10.6. The molecule has 0 atom stereocenters. The highest BCUT2D eigenvalue weighted by Crippen LogP contribution is 2.32. The average molecular weight is 445 g/mol. The summed E-state index contributed by atoms with van der Waals surface area (Å²) in [6.45, 7) is 3.72. The molecule has 158 valence electrons. The molecule has 0 fully saturated rings. The number of nitrogens with one attached hydrogen (secondary N) is 1. The van der Waals surface area contributed by atoms with E-state index in [0.717, 1.165) is 27.4 Å². The Morgan fingerprint density at radius 2 is 1.75 bits per heavy atom. The van der Waals surface area contributed by atoms with Crippen molar-refractivity contribution in [3.05, 3.63) is 88.2 Å². The molecule has 0 saturated heterocycles. The number of halogens is 1. The molecule has 4 aromatic rings. The zero-order valence-electron chi connectivity index (χ0n) is 17.1. The van der Waals surface area contributed by atoms with Crippen LogP contribution in [0.5, 0.6) is 0 Å². The highest BCUT2D eigenvalue weighted by molar-refractivity contribution is 7.22. The molecule has 0 saturated carbocycles. The maximum atomic E-state index is 13.4. The Hall–Kier alpha value is -3.91. The van der Waals surface area contributed by atoms with E-state index in [9.17, 15) is 18.8 Å². The molecular weight excluding hydrogens is 429 g/mol. The third-order valence-corrected chi connectivity index (χ3v) is 6.26. The number of fused-ring (bicyclic) bond motifs is 2. The summed E-state index contributed by atoms with van der Waals surface area (Å²) in [5.41, 5.74) is 3.48. The topological polar surface area (TPSA) is 79.4 Å². The first-order chi connectivity index (χ1) is 15.3. The lowest BCUT2D eigenvalue weighted by atomic mass is 10.1. The Morgan fingerprint density at radius 1 is 0.969 bits per heavy atom. The normalized spacial score (nSPS) is 13.0. The van der Waals surface area contributed by atoms with Crippen molar-refractivity contribution in [2.24, 2.45) is 0 Å². The van der Waals surface area contributed by atoms with E-state index in [1.165, 1.54) is 30.3 Å². The molecule has 0 spiro atoms. The third-order valence-electron chi connectivity index (χ3n) is 5.33. The summed E-state index contributed by atoms with van der Waals surface area (Å²) in [7, 11) is 0. The van der Waals surface area contributed by atoms with Gasteiger partial charge in [-0.2, -0.15) is 0 Å². The van der Waals surface area contributed by atoms with E-state index in [0.29, 0.717) is 21.0 Å². The van der Waals surface area contributed by atoms with E-state index in [4.69, 9.17) is 0 Å². The van der Waals surface area contributed by atoms with Gasteiger partial charge in [0.05, 0.1) is 27.0 Å². The van der Waals surface area contributed by atoms with Gasteiger partial charge < -0.3 is 0 Å². The predicted molar refractivity (Wildman–Crippen MR) is 121 cm³/mol. The van der Waals surface area contributed by atoms with E-state index >= 15 is 0 Å². The van der Waals surface area contributed by atoms with Crippen molar-refractivity contribution < 1.29 is 18.8 Å². The monoisotopic (exact) mass is 445 g/mol. The highest BCUT2D eigenvalue weighted by atomic mass is 32.1. The Bertz CT molecular complexity index is 1460. The molecule has 3 amide bonds. The molecule has 1 aliphatic rings. The van der Waals surface area contributed by atoms with Crippen molar-refractivity contribution in [3.8, 4) is 0 Å². The number of thiazole rings is 1. The van der Waals surface area contributed by atoms with Crippen LogP contribution in [0.1, 0.15) is 42.2 Å². The summed E-state index contributed by atoms with van der Waals surface area (Å²) in [6, 6.07) is 14.2. The van der Waals surface area contributed by atoms with Gasteiger partial charge in [0.25, 0.3) is 17.7 Å². The van der Waals surface area contributed by atoms with Crippen LogP contribution in [-0.4, -0.2) is 22.7 Å². The largest absolute Gasteiger partial charge is 0.298 e. The van der Waals surface area contributed by atoms with Gasteiger partial charge >= 0.3 is 0 Å². The maximum absolute atomic E-state index is 13.4. The van der Waals surface area contributed by atoms with E-state index < -0.39 is 17.7 Å². The summed E-state index contributed by atoms with van der Waals surface area (Å²) in [6.07, 6.45) is 0. The SMILES string of the molecule is Cc1ccc(C)c(N2C(=O)c3ccc(C(=O)Nc4nc5ccc(F)cc5s4)cc3C2=O)c1. The minimum atomic E-state index is -0.474. The van der Waals surface area contributed by atoms with Gasteiger partial charge in [-0.1, -0.05) is 23.5 Å². The predicted octanol–water partition coefficient (Wildman–Crippen LogP) is 5.11. The summed E-state index contributed by atoms with van der Waals surface area (Å²) >= 11 is 1.15. The van der Waals surface area contributed by atoms with Crippen molar-refractivity contribution in [2.75, 3.05) is 10.2 Å². The molecule has 0 aliphatic carbocycles. The van der Waals surface area contributed by atoms with Gasteiger partial charge in [0, 0.05) is 5.56 Å². The van der Waals surface area contributed by atoms with Crippen molar-refractivity contribution in [1.29, 1.82) is 0 Å². The Labute approximate surface area is 186 Å². The lowest BCUT2D eigenvalue weighted by molar-refractivity contribution is 0.0925. The number of carbonyl (C=O) groups is 3. The van der Waals surface area contributed by atoms with Crippen LogP contribution in [0.3, 0.4) is 0 Å². The lowest BCUT2D eigenvalue weighted by Crippen LogP contribution is -2.30. The molecular formula is C24H16FN3O3S. The number of hydrogen-bond donors (Lipinski definition) is 1. The molecule has 32 heavy (non-hydrogen) atoms. The average Bonchev–Trinajstić information content (AvgIpc) is 3.27. The first-order valence-electron chi connectivity index (χ1n) is 9.79. The molecule has 2 heterocycles. The Kier molecular flexibility index (Phi) is 4.60. The number of imide groups is 1.